The molecule has 9 heteroatoms. The molecular weight excluding hydrogens is 393 g/mol. The summed E-state index contributed by atoms with van der Waals surface area (Å²) < 4.78 is 40.4. The zero-order valence-electron chi connectivity index (χ0n) is 14.9. The van der Waals surface area contributed by atoms with Crippen molar-refractivity contribution in [2.75, 3.05) is 11.5 Å². The van der Waals surface area contributed by atoms with Gasteiger partial charge in [-0.05, 0) is 41.5 Å². The minimum Gasteiger partial charge on any atom is -0.506 e. The second kappa shape index (κ2) is 9.79. The van der Waals surface area contributed by atoms with Crippen LogP contribution in [0.1, 0.15) is 24.3 Å². The largest absolute Gasteiger partial charge is 0.506 e. The van der Waals surface area contributed by atoms with E-state index in [1.54, 1.807) is 12.1 Å². The summed E-state index contributed by atoms with van der Waals surface area (Å²) in [4.78, 5) is 14.5. The zero-order valence-corrected chi connectivity index (χ0v) is 15.7. The molecule has 0 aliphatic heterocycles. The normalized spacial score (nSPS) is 13.9. The Morgan fingerprint density at radius 3 is 2.32 bits per heavy atom. The zero-order chi connectivity index (χ0) is 20.7. The van der Waals surface area contributed by atoms with Crippen molar-refractivity contribution >= 4 is 17.7 Å². The fraction of sp³-hybridized carbons (Fsp3) is 0.368. The molecule has 0 fully saturated rings. The number of nitrogens with zero attached hydrogens (tertiary/aromatic N) is 1. The average molecular weight is 414 g/mol. The lowest BCUT2D eigenvalue weighted by molar-refractivity contribution is -0.150. The highest BCUT2D eigenvalue weighted by Crippen LogP contribution is 2.39. The average Bonchev–Trinajstić information content (AvgIpc) is 2.63. The SMILES string of the molecule is NC(CCSCCC(c1ccc(-c2cncc(O)c2)cc1)C(F)(F)F)C(=O)O. The van der Waals surface area contributed by atoms with Crippen molar-refractivity contribution < 1.29 is 28.2 Å². The predicted molar refractivity (Wildman–Crippen MR) is 102 cm³/mol. The number of hydrogen-bond donors (Lipinski definition) is 3. The molecule has 1 heterocycles. The first-order valence-electron chi connectivity index (χ1n) is 8.55. The quantitative estimate of drug-likeness (QED) is 0.536. The van der Waals surface area contributed by atoms with Crippen LogP contribution in [0.2, 0.25) is 0 Å². The number of rotatable bonds is 9. The number of carboxylic acids is 1. The van der Waals surface area contributed by atoms with Gasteiger partial charge in [0.05, 0.1) is 12.1 Å². The molecule has 0 bridgehead atoms. The molecule has 1 aromatic carbocycles. The highest BCUT2D eigenvalue weighted by Gasteiger charge is 2.40. The Kier molecular flexibility index (Phi) is 7.70. The van der Waals surface area contributed by atoms with Crippen LogP contribution in [0.5, 0.6) is 5.75 Å². The minimum absolute atomic E-state index is 0.0191. The van der Waals surface area contributed by atoms with E-state index in [-0.39, 0.29) is 29.9 Å². The van der Waals surface area contributed by atoms with Crippen molar-refractivity contribution in [3.05, 3.63) is 48.3 Å². The second-order valence-corrected chi connectivity index (χ2v) is 7.51. The monoisotopic (exact) mass is 414 g/mol. The number of carbonyl (C=O) groups is 1. The lowest BCUT2D eigenvalue weighted by atomic mass is 9.94. The highest BCUT2D eigenvalue weighted by atomic mass is 32.2. The maximum Gasteiger partial charge on any atom is 0.395 e. The molecule has 5 nitrogen and oxygen atoms in total. The molecular formula is C19H21F3N2O3S. The van der Waals surface area contributed by atoms with Gasteiger partial charge < -0.3 is 15.9 Å². The summed E-state index contributed by atoms with van der Waals surface area (Å²) in [5, 5.41) is 18.2. The molecule has 2 atom stereocenters. The summed E-state index contributed by atoms with van der Waals surface area (Å²) in [6, 6.07) is 6.50. The van der Waals surface area contributed by atoms with E-state index in [2.05, 4.69) is 4.98 Å². The van der Waals surface area contributed by atoms with Crippen LogP contribution in [0.15, 0.2) is 42.7 Å². The molecule has 0 amide bonds. The molecule has 0 aliphatic carbocycles. The summed E-state index contributed by atoms with van der Waals surface area (Å²) in [7, 11) is 0. The van der Waals surface area contributed by atoms with Gasteiger partial charge in [-0.15, -0.1) is 0 Å². The number of halogens is 3. The summed E-state index contributed by atoms with van der Waals surface area (Å²) in [5.74, 6) is -2.11. The van der Waals surface area contributed by atoms with Crippen molar-refractivity contribution in [1.82, 2.24) is 4.98 Å². The van der Waals surface area contributed by atoms with Crippen molar-refractivity contribution in [2.45, 2.75) is 31.0 Å². The van der Waals surface area contributed by atoms with Crippen LogP contribution in [-0.2, 0) is 4.79 Å². The standard InChI is InChI=1S/C19H21F3N2O3S/c20-19(21,22)16(5-7-28-8-6-17(23)18(26)27)13-3-1-12(2-4-13)14-9-15(25)11-24-10-14/h1-4,9-11,16-17,25H,5-8,23H2,(H,26,27). The fourth-order valence-electron chi connectivity index (χ4n) is 2.65. The number of aromatic nitrogens is 1. The molecule has 2 aromatic rings. The van der Waals surface area contributed by atoms with Crippen molar-refractivity contribution in [3.8, 4) is 16.9 Å². The molecule has 0 aliphatic rings. The van der Waals surface area contributed by atoms with E-state index in [0.29, 0.717) is 16.9 Å². The number of nitrogens with two attached hydrogens (primary N) is 1. The molecule has 2 unspecified atom stereocenters. The number of hydrogen-bond acceptors (Lipinski definition) is 5. The van der Waals surface area contributed by atoms with E-state index in [1.807, 2.05) is 0 Å². The first kappa shape index (κ1) is 22.0. The number of thioether (sulfide) groups is 1. The molecule has 1 aromatic heterocycles. The second-order valence-electron chi connectivity index (χ2n) is 6.28. The van der Waals surface area contributed by atoms with E-state index in [4.69, 9.17) is 10.8 Å². The topological polar surface area (TPSA) is 96.4 Å². The maximum absolute atomic E-state index is 13.5. The third-order valence-electron chi connectivity index (χ3n) is 4.21. The van der Waals surface area contributed by atoms with Gasteiger partial charge in [0.2, 0.25) is 0 Å². The van der Waals surface area contributed by atoms with Crippen LogP contribution in [-0.4, -0.2) is 44.9 Å². The molecule has 152 valence electrons. The smallest absolute Gasteiger partial charge is 0.395 e. The molecule has 28 heavy (non-hydrogen) atoms. The Labute approximate surface area is 164 Å². The third kappa shape index (κ3) is 6.42. The fourth-order valence-corrected chi connectivity index (χ4v) is 3.68. The Bertz CT molecular complexity index is 785. The van der Waals surface area contributed by atoms with E-state index in [9.17, 15) is 23.1 Å². The van der Waals surface area contributed by atoms with Crippen LogP contribution in [0, 0.1) is 0 Å². The number of pyridine rings is 1. The van der Waals surface area contributed by atoms with Gasteiger partial charge in [0.25, 0.3) is 0 Å². The van der Waals surface area contributed by atoms with E-state index >= 15 is 0 Å². The van der Waals surface area contributed by atoms with Crippen LogP contribution in [0.25, 0.3) is 11.1 Å². The lowest BCUT2D eigenvalue weighted by Crippen LogP contribution is -2.30. The first-order valence-corrected chi connectivity index (χ1v) is 9.71. The highest BCUT2D eigenvalue weighted by molar-refractivity contribution is 7.99. The van der Waals surface area contributed by atoms with Gasteiger partial charge in [-0.25, -0.2) is 0 Å². The van der Waals surface area contributed by atoms with Gasteiger partial charge in [0.1, 0.15) is 11.8 Å². The van der Waals surface area contributed by atoms with E-state index in [0.717, 1.165) is 0 Å². The molecule has 2 rings (SSSR count). The van der Waals surface area contributed by atoms with Crippen LogP contribution in [0.4, 0.5) is 13.2 Å². The molecule has 0 spiro atoms. The van der Waals surface area contributed by atoms with E-state index in [1.165, 1.54) is 42.4 Å². The summed E-state index contributed by atoms with van der Waals surface area (Å²) >= 11 is 1.26. The van der Waals surface area contributed by atoms with Crippen LogP contribution < -0.4 is 5.73 Å². The number of benzene rings is 1. The summed E-state index contributed by atoms with van der Waals surface area (Å²) in [5.41, 5.74) is 6.81. The van der Waals surface area contributed by atoms with Gasteiger partial charge >= 0.3 is 12.1 Å². The molecule has 4 N–H and O–H groups in total. The predicted octanol–water partition coefficient (Wildman–Crippen LogP) is 4.03. The first-order chi connectivity index (χ1) is 13.2. The Morgan fingerprint density at radius 2 is 1.75 bits per heavy atom. The lowest BCUT2D eigenvalue weighted by Gasteiger charge is -2.21. The van der Waals surface area contributed by atoms with Gasteiger partial charge in [0.15, 0.2) is 0 Å². The van der Waals surface area contributed by atoms with Crippen LogP contribution >= 0.6 is 11.8 Å². The van der Waals surface area contributed by atoms with Gasteiger partial charge in [-0.1, -0.05) is 24.3 Å². The molecule has 0 saturated carbocycles. The summed E-state index contributed by atoms with van der Waals surface area (Å²) in [6.45, 7) is 0. The number of alkyl halides is 3. The third-order valence-corrected chi connectivity index (χ3v) is 5.26. The van der Waals surface area contributed by atoms with Crippen molar-refractivity contribution in [3.63, 3.8) is 0 Å². The van der Waals surface area contributed by atoms with Gasteiger partial charge in [-0.3, -0.25) is 9.78 Å². The van der Waals surface area contributed by atoms with Crippen molar-refractivity contribution in [2.24, 2.45) is 5.73 Å². The van der Waals surface area contributed by atoms with Gasteiger partial charge in [0, 0.05) is 11.8 Å². The molecule has 0 saturated heterocycles. The Balaban J connectivity index is 2.00. The van der Waals surface area contributed by atoms with Crippen LogP contribution in [0.3, 0.4) is 0 Å². The van der Waals surface area contributed by atoms with Gasteiger partial charge in [-0.2, -0.15) is 24.9 Å². The number of carboxylic acid groups (broad SMARTS) is 1. The minimum atomic E-state index is -4.38. The van der Waals surface area contributed by atoms with Crippen molar-refractivity contribution in [1.29, 1.82) is 0 Å². The Hall–Kier alpha value is -2.26. The number of aromatic hydroxyl groups is 1. The Morgan fingerprint density at radius 1 is 1.11 bits per heavy atom. The summed E-state index contributed by atoms with van der Waals surface area (Å²) in [6.07, 6.45) is -1.48. The molecule has 0 radical (unpaired) electrons. The number of aliphatic carboxylic acids is 1. The maximum atomic E-state index is 13.5. The van der Waals surface area contributed by atoms with E-state index < -0.39 is 24.1 Å².